The van der Waals surface area contributed by atoms with Crippen molar-refractivity contribution in [2.24, 2.45) is 0 Å². The molecular weight excluding hydrogens is 479 g/mol. The number of rotatable bonds is 3. The predicted octanol–water partition coefficient (Wildman–Crippen LogP) is 3.24. The summed E-state index contributed by atoms with van der Waals surface area (Å²) < 4.78 is 26.6. The molecule has 0 saturated carbocycles. The number of carbonyl (C=O) groups excluding carboxylic acids is 4. The smallest absolute Gasteiger partial charge is 0.262 e. The van der Waals surface area contributed by atoms with Crippen LogP contribution in [0, 0.1) is 11.6 Å². The lowest BCUT2D eigenvalue weighted by molar-refractivity contribution is -0.136. The van der Waals surface area contributed by atoms with E-state index < -0.39 is 41.3 Å². The minimum atomic E-state index is -1.12. The van der Waals surface area contributed by atoms with Crippen LogP contribution in [-0.2, 0) is 4.79 Å². The summed E-state index contributed by atoms with van der Waals surface area (Å²) in [6.07, 6.45) is 0. The number of piperazine rings is 1. The Morgan fingerprint density at radius 3 is 1.88 bits per heavy atom. The average Bonchev–Trinajstić information content (AvgIpc) is 3.03. The second-order valence-corrected chi connectivity index (χ2v) is 8.53. The quantitative estimate of drug-likeness (QED) is 0.612. The molecule has 2 aromatic rings. The standard InChI is InChI=1S/C22H17Cl2F2N3O4/c1-11(29-21(32)13-9-15(23)16(24)10-14(13)22(29)33)19(30)27-4-6-28(7-5-27)20(31)12-2-3-17(25)18(26)8-12/h2-3,8-11H,4-7H2,1H3. The Labute approximate surface area is 197 Å². The van der Waals surface area contributed by atoms with E-state index in [0.29, 0.717) is 0 Å². The van der Waals surface area contributed by atoms with Gasteiger partial charge in [0.05, 0.1) is 21.2 Å². The first-order chi connectivity index (χ1) is 15.6. The van der Waals surface area contributed by atoms with Crippen molar-refractivity contribution in [2.45, 2.75) is 13.0 Å². The molecule has 4 rings (SSSR count). The van der Waals surface area contributed by atoms with E-state index in [-0.39, 0.29) is 52.9 Å². The molecule has 1 fully saturated rings. The third-order valence-corrected chi connectivity index (χ3v) is 6.47. The maximum absolute atomic E-state index is 13.4. The molecule has 1 unspecified atom stereocenters. The molecule has 0 spiro atoms. The second kappa shape index (κ2) is 8.72. The number of hydrogen-bond acceptors (Lipinski definition) is 4. The van der Waals surface area contributed by atoms with Gasteiger partial charge in [-0.3, -0.25) is 24.1 Å². The largest absolute Gasteiger partial charge is 0.337 e. The van der Waals surface area contributed by atoms with Crippen molar-refractivity contribution in [3.63, 3.8) is 0 Å². The van der Waals surface area contributed by atoms with Crippen LogP contribution in [0.2, 0.25) is 10.0 Å². The highest BCUT2D eigenvalue weighted by molar-refractivity contribution is 6.43. The van der Waals surface area contributed by atoms with Crippen molar-refractivity contribution in [1.82, 2.24) is 14.7 Å². The second-order valence-electron chi connectivity index (χ2n) is 7.71. The zero-order valence-corrected chi connectivity index (χ0v) is 18.8. The lowest BCUT2D eigenvalue weighted by Crippen LogP contribution is -2.56. The van der Waals surface area contributed by atoms with Crippen LogP contribution in [0.25, 0.3) is 0 Å². The maximum atomic E-state index is 13.4. The molecule has 2 aromatic carbocycles. The number of amides is 4. The van der Waals surface area contributed by atoms with Crippen molar-refractivity contribution >= 4 is 46.8 Å². The Kier molecular flexibility index (Phi) is 6.11. The van der Waals surface area contributed by atoms with Gasteiger partial charge in [-0.2, -0.15) is 0 Å². The molecule has 4 amide bonds. The Hall–Kier alpha value is -3.04. The van der Waals surface area contributed by atoms with Gasteiger partial charge in [0, 0.05) is 31.7 Å². The average molecular weight is 496 g/mol. The van der Waals surface area contributed by atoms with Gasteiger partial charge in [-0.05, 0) is 37.3 Å². The van der Waals surface area contributed by atoms with Crippen LogP contribution in [0.4, 0.5) is 8.78 Å². The van der Waals surface area contributed by atoms with Crippen molar-refractivity contribution in [1.29, 1.82) is 0 Å². The third-order valence-electron chi connectivity index (χ3n) is 5.75. The molecule has 1 saturated heterocycles. The van der Waals surface area contributed by atoms with Crippen LogP contribution in [-0.4, -0.2) is 70.5 Å². The molecule has 0 radical (unpaired) electrons. The maximum Gasteiger partial charge on any atom is 0.262 e. The Bertz CT molecular complexity index is 1160. The van der Waals surface area contributed by atoms with Crippen molar-refractivity contribution in [3.8, 4) is 0 Å². The van der Waals surface area contributed by atoms with Gasteiger partial charge < -0.3 is 9.80 Å². The molecule has 1 atom stereocenters. The first-order valence-electron chi connectivity index (χ1n) is 10.00. The number of fused-ring (bicyclic) bond motifs is 1. The summed E-state index contributed by atoms with van der Waals surface area (Å²) in [6.45, 7) is 2.07. The number of nitrogens with zero attached hydrogens (tertiary/aromatic N) is 3. The zero-order valence-electron chi connectivity index (χ0n) is 17.3. The van der Waals surface area contributed by atoms with E-state index in [1.54, 1.807) is 0 Å². The van der Waals surface area contributed by atoms with E-state index in [1.807, 2.05) is 0 Å². The lowest BCUT2D eigenvalue weighted by Gasteiger charge is -2.37. The molecule has 2 aliphatic heterocycles. The minimum absolute atomic E-state index is 0.00499. The highest BCUT2D eigenvalue weighted by atomic mass is 35.5. The van der Waals surface area contributed by atoms with E-state index in [9.17, 15) is 28.0 Å². The zero-order chi connectivity index (χ0) is 24.0. The molecule has 0 aromatic heterocycles. The summed E-state index contributed by atoms with van der Waals surface area (Å²) in [5.41, 5.74) is 0.164. The SMILES string of the molecule is CC(C(=O)N1CCN(C(=O)c2ccc(F)c(F)c2)CC1)N1C(=O)c2cc(Cl)c(Cl)cc2C1=O. The van der Waals surface area contributed by atoms with E-state index in [4.69, 9.17) is 23.2 Å². The van der Waals surface area contributed by atoms with Gasteiger partial charge in [0.15, 0.2) is 11.6 Å². The first-order valence-corrected chi connectivity index (χ1v) is 10.8. The van der Waals surface area contributed by atoms with Crippen LogP contribution >= 0.6 is 23.2 Å². The molecule has 0 bridgehead atoms. The molecule has 2 heterocycles. The summed E-state index contributed by atoms with van der Waals surface area (Å²) in [6, 6.07) is 4.44. The Morgan fingerprint density at radius 2 is 1.36 bits per heavy atom. The highest BCUT2D eigenvalue weighted by Gasteiger charge is 2.43. The van der Waals surface area contributed by atoms with Crippen molar-refractivity contribution in [3.05, 3.63) is 68.7 Å². The number of imide groups is 1. The van der Waals surface area contributed by atoms with Crippen LogP contribution in [0.1, 0.15) is 38.0 Å². The molecule has 11 heteroatoms. The first kappa shape index (κ1) is 23.1. The molecule has 0 aliphatic carbocycles. The summed E-state index contributed by atoms with van der Waals surface area (Å²) in [5, 5.41) is 0.249. The number of halogens is 4. The third kappa shape index (κ3) is 4.06. The molecule has 172 valence electrons. The molecular formula is C22H17Cl2F2N3O4. The van der Waals surface area contributed by atoms with E-state index in [0.717, 1.165) is 17.0 Å². The highest BCUT2D eigenvalue weighted by Crippen LogP contribution is 2.32. The fraction of sp³-hybridized carbons (Fsp3) is 0.273. The Balaban J connectivity index is 1.42. The summed E-state index contributed by atoms with van der Waals surface area (Å²) in [5.74, 6) is -4.38. The fourth-order valence-electron chi connectivity index (χ4n) is 3.92. The van der Waals surface area contributed by atoms with Gasteiger partial charge in [0.2, 0.25) is 5.91 Å². The summed E-state index contributed by atoms with van der Waals surface area (Å²) in [7, 11) is 0. The van der Waals surface area contributed by atoms with E-state index >= 15 is 0 Å². The Morgan fingerprint density at radius 1 is 0.848 bits per heavy atom. The van der Waals surface area contributed by atoms with Gasteiger partial charge in [-0.15, -0.1) is 0 Å². The van der Waals surface area contributed by atoms with Crippen LogP contribution in [0.5, 0.6) is 0 Å². The van der Waals surface area contributed by atoms with Gasteiger partial charge in [0.1, 0.15) is 6.04 Å². The van der Waals surface area contributed by atoms with Crippen LogP contribution in [0.15, 0.2) is 30.3 Å². The van der Waals surface area contributed by atoms with Gasteiger partial charge in [0.25, 0.3) is 17.7 Å². The lowest BCUT2D eigenvalue weighted by atomic mass is 10.1. The van der Waals surface area contributed by atoms with Gasteiger partial charge >= 0.3 is 0 Å². The summed E-state index contributed by atoms with van der Waals surface area (Å²) >= 11 is 11.9. The van der Waals surface area contributed by atoms with Crippen molar-refractivity contribution < 1.29 is 28.0 Å². The normalized spacial score (nSPS) is 16.8. The van der Waals surface area contributed by atoms with Crippen LogP contribution < -0.4 is 0 Å². The number of benzene rings is 2. The molecule has 0 N–H and O–H groups in total. The van der Waals surface area contributed by atoms with Crippen LogP contribution in [0.3, 0.4) is 0 Å². The molecule has 2 aliphatic rings. The minimum Gasteiger partial charge on any atom is -0.337 e. The molecule has 7 nitrogen and oxygen atoms in total. The predicted molar refractivity (Wildman–Crippen MR) is 115 cm³/mol. The topological polar surface area (TPSA) is 78.0 Å². The monoisotopic (exact) mass is 495 g/mol. The number of carbonyl (C=O) groups is 4. The van der Waals surface area contributed by atoms with Gasteiger partial charge in [-0.1, -0.05) is 23.2 Å². The van der Waals surface area contributed by atoms with Gasteiger partial charge in [-0.25, -0.2) is 8.78 Å². The number of hydrogen-bond donors (Lipinski definition) is 0. The van der Waals surface area contributed by atoms with Crippen molar-refractivity contribution in [2.75, 3.05) is 26.2 Å². The summed E-state index contributed by atoms with van der Waals surface area (Å²) in [4.78, 5) is 54.9. The fourth-order valence-corrected chi connectivity index (χ4v) is 4.25. The molecule has 33 heavy (non-hydrogen) atoms. The van der Waals surface area contributed by atoms with E-state index in [1.165, 1.54) is 34.9 Å². The van der Waals surface area contributed by atoms with E-state index in [2.05, 4.69) is 0 Å².